The fraction of sp³-hybridized carbons (Fsp3) is 0.478. The zero-order valence-corrected chi connectivity index (χ0v) is 20.4. The van der Waals surface area contributed by atoms with E-state index in [9.17, 15) is 21.6 Å². The molecule has 1 atom stereocenters. The number of para-hydroxylation sites is 1. The van der Waals surface area contributed by atoms with E-state index in [-0.39, 0.29) is 11.2 Å². The number of nitrogens with zero attached hydrogens (tertiary/aromatic N) is 1. The standard InChI is InChI=1S/C23H28F3NO4S2/c1-4-6-12-22(5-2)15-27(17-10-8-7-9-11-17)18-13-19(30-3)20(14-21(18)32-16-22)31-33(28,29)23(24,25)26/h7-11,13-14H,4-6,12,15-16H2,1-3H3. The molecule has 0 radical (unpaired) electrons. The summed E-state index contributed by atoms with van der Waals surface area (Å²) in [7, 11) is -4.56. The highest BCUT2D eigenvalue weighted by Crippen LogP contribution is 2.50. The number of thioether (sulfide) groups is 1. The van der Waals surface area contributed by atoms with Gasteiger partial charge in [0.05, 0.1) is 12.8 Å². The molecule has 0 fully saturated rings. The summed E-state index contributed by atoms with van der Waals surface area (Å²) >= 11 is 1.50. The van der Waals surface area contributed by atoms with E-state index < -0.39 is 21.4 Å². The van der Waals surface area contributed by atoms with Crippen molar-refractivity contribution >= 4 is 33.3 Å². The van der Waals surface area contributed by atoms with E-state index in [4.69, 9.17) is 4.74 Å². The van der Waals surface area contributed by atoms with Crippen LogP contribution in [0.25, 0.3) is 0 Å². The summed E-state index contributed by atoms with van der Waals surface area (Å²) in [4.78, 5) is 2.78. The zero-order chi connectivity index (χ0) is 24.3. The number of rotatable bonds is 8. The Morgan fingerprint density at radius 1 is 1.12 bits per heavy atom. The lowest BCUT2D eigenvalue weighted by Crippen LogP contribution is -2.36. The van der Waals surface area contributed by atoms with Gasteiger partial charge in [-0.3, -0.25) is 0 Å². The summed E-state index contributed by atoms with van der Waals surface area (Å²) < 4.78 is 71.9. The van der Waals surface area contributed by atoms with E-state index in [0.717, 1.165) is 49.4 Å². The number of unbranched alkanes of at least 4 members (excludes halogenated alkanes) is 1. The van der Waals surface area contributed by atoms with Crippen molar-refractivity contribution in [3.8, 4) is 11.5 Å². The topological polar surface area (TPSA) is 55.8 Å². The first-order valence-corrected chi connectivity index (χ1v) is 13.1. The Balaban J connectivity index is 2.13. The lowest BCUT2D eigenvalue weighted by molar-refractivity contribution is -0.0500. The Bertz CT molecular complexity index is 1060. The number of alkyl halides is 3. The van der Waals surface area contributed by atoms with Crippen molar-refractivity contribution in [2.45, 2.75) is 49.9 Å². The second-order valence-corrected chi connectivity index (χ2v) is 10.7. The Hall–Kier alpha value is -2.07. The minimum Gasteiger partial charge on any atom is -0.493 e. The summed E-state index contributed by atoms with van der Waals surface area (Å²) in [6.45, 7) is 5.02. The smallest absolute Gasteiger partial charge is 0.493 e. The van der Waals surface area contributed by atoms with Crippen molar-refractivity contribution in [1.82, 2.24) is 0 Å². The molecule has 0 aliphatic carbocycles. The van der Waals surface area contributed by atoms with E-state index in [2.05, 4.69) is 22.9 Å². The molecule has 0 saturated carbocycles. The largest absolute Gasteiger partial charge is 0.534 e. The second-order valence-electron chi connectivity index (χ2n) is 8.12. The first-order chi connectivity index (χ1) is 15.6. The molecule has 5 nitrogen and oxygen atoms in total. The number of hydrogen-bond acceptors (Lipinski definition) is 6. The highest BCUT2D eigenvalue weighted by molar-refractivity contribution is 7.99. The van der Waals surface area contributed by atoms with Crippen LogP contribution in [0.4, 0.5) is 24.5 Å². The van der Waals surface area contributed by atoms with Crippen LogP contribution in [-0.2, 0) is 10.1 Å². The van der Waals surface area contributed by atoms with E-state index >= 15 is 0 Å². The van der Waals surface area contributed by atoms with Gasteiger partial charge in [0.25, 0.3) is 0 Å². The molecule has 0 saturated heterocycles. The van der Waals surface area contributed by atoms with Crippen LogP contribution in [0.1, 0.15) is 39.5 Å². The zero-order valence-electron chi connectivity index (χ0n) is 18.8. The summed E-state index contributed by atoms with van der Waals surface area (Å²) in [6.07, 6.45) is 4.06. The third kappa shape index (κ3) is 5.54. The molecule has 2 aromatic rings. The van der Waals surface area contributed by atoms with Gasteiger partial charge < -0.3 is 13.8 Å². The number of anilines is 2. The van der Waals surface area contributed by atoms with E-state index in [1.807, 2.05) is 30.3 Å². The molecule has 2 aromatic carbocycles. The molecule has 1 aliphatic rings. The Kier molecular flexibility index (Phi) is 7.78. The van der Waals surface area contributed by atoms with Crippen LogP contribution in [0.15, 0.2) is 47.4 Å². The van der Waals surface area contributed by atoms with Gasteiger partial charge in [0, 0.05) is 35.0 Å². The molecule has 1 aliphatic heterocycles. The molecule has 33 heavy (non-hydrogen) atoms. The monoisotopic (exact) mass is 503 g/mol. The molecule has 0 N–H and O–H groups in total. The van der Waals surface area contributed by atoms with E-state index in [0.29, 0.717) is 4.90 Å². The van der Waals surface area contributed by atoms with Crippen molar-refractivity contribution in [2.75, 3.05) is 24.3 Å². The Morgan fingerprint density at radius 3 is 2.39 bits per heavy atom. The second kappa shape index (κ2) is 10.0. The van der Waals surface area contributed by atoms with Crippen LogP contribution in [0.3, 0.4) is 0 Å². The minimum atomic E-state index is -5.83. The average Bonchev–Trinajstić information content (AvgIpc) is 2.94. The van der Waals surface area contributed by atoms with Crippen molar-refractivity contribution in [1.29, 1.82) is 0 Å². The molecule has 0 spiro atoms. The number of methoxy groups -OCH3 is 1. The van der Waals surface area contributed by atoms with Crippen molar-refractivity contribution in [3.63, 3.8) is 0 Å². The Labute approximate surface area is 197 Å². The molecular formula is C23H28F3NO4S2. The summed E-state index contributed by atoms with van der Waals surface area (Å²) in [5, 5.41) is 0. The highest BCUT2D eigenvalue weighted by atomic mass is 32.2. The minimum absolute atomic E-state index is 0.0260. The first-order valence-electron chi connectivity index (χ1n) is 10.7. The molecule has 0 amide bonds. The molecule has 1 unspecified atom stereocenters. The fourth-order valence-corrected chi connectivity index (χ4v) is 5.75. The van der Waals surface area contributed by atoms with Gasteiger partial charge in [-0.15, -0.1) is 11.8 Å². The SMILES string of the molecule is CCCCC1(CC)CSc2cc(OS(=O)(=O)C(F)(F)F)c(OC)cc2N(c2ccccc2)C1. The van der Waals surface area contributed by atoms with Gasteiger partial charge in [-0.05, 0) is 30.4 Å². The quantitative estimate of drug-likeness (QED) is 0.293. The van der Waals surface area contributed by atoms with Gasteiger partial charge in [0.1, 0.15) is 0 Å². The van der Waals surface area contributed by atoms with Crippen LogP contribution < -0.4 is 13.8 Å². The summed E-state index contributed by atoms with van der Waals surface area (Å²) in [5.74, 6) is 0.185. The highest BCUT2D eigenvalue weighted by Gasteiger charge is 2.49. The van der Waals surface area contributed by atoms with Crippen LogP contribution in [0.2, 0.25) is 0 Å². The van der Waals surface area contributed by atoms with Gasteiger partial charge in [-0.1, -0.05) is 44.9 Å². The number of halogens is 3. The lowest BCUT2D eigenvalue weighted by atomic mass is 9.81. The normalized spacial score (nSPS) is 19.0. The molecule has 0 aromatic heterocycles. The Morgan fingerprint density at radius 2 is 1.82 bits per heavy atom. The fourth-order valence-electron chi connectivity index (χ4n) is 3.88. The van der Waals surface area contributed by atoms with Crippen LogP contribution >= 0.6 is 11.8 Å². The number of hydrogen-bond donors (Lipinski definition) is 0. The van der Waals surface area contributed by atoms with Gasteiger partial charge in [-0.25, -0.2) is 0 Å². The maximum atomic E-state index is 12.9. The summed E-state index contributed by atoms with van der Waals surface area (Å²) in [6, 6.07) is 12.6. The lowest BCUT2D eigenvalue weighted by Gasteiger charge is -2.36. The van der Waals surface area contributed by atoms with Crippen molar-refractivity contribution in [2.24, 2.45) is 5.41 Å². The van der Waals surface area contributed by atoms with Gasteiger partial charge in [0.2, 0.25) is 0 Å². The molecular weight excluding hydrogens is 475 g/mol. The molecule has 3 rings (SSSR count). The van der Waals surface area contributed by atoms with Crippen LogP contribution in [-0.4, -0.2) is 33.3 Å². The van der Waals surface area contributed by atoms with Gasteiger partial charge in [0.15, 0.2) is 11.5 Å². The van der Waals surface area contributed by atoms with E-state index in [1.165, 1.54) is 24.9 Å². The van der Waals surface area contributed by atoms with E-state index in [1.54, 1.807) is 6.07 Å². The van der Waals surface area contributed by atoms with Crippen LogP contribution in [0.5, 0.6) is 11.5 Å². The number of benzene rings is 2. The average molecular weight is 504 g/mol. The first kappa shape index (κ1) is 25.6. The predicted molar refractivity (Wildman–Crippen MR) is 125 cm³/mol. The molecule has 1 heterocycles. The number of fused-ring (bicyclic) bond motifs is 1. The molecule has 0 bridgehead atoms. The third-order valence-corrected chi connectivity index (χ3v) is 8.29. The predicted octanol–water partition coefficient (Wildman–Crippen LogP) is 6.75. The van der Waals surface area contributed by atoms with Gasteiger partial charge >= 0.3 is 15.6 Å². The van der Waals surface area contributed by atoms with Crippen molar-refractivity contribution < 1.29 is 30.5 Å². The van der Waals surface area contributed by atoms with Crippen molar-refractivity contribution in [3.05, 3.63) is 42.5 Å². The number of ether oxygens (including phenoxy) is 1. The maximum absolute atomic E-state index is 12.9. The summed E-state index contributed by atoms with van der Waals surface area (Å²) in [5.41, 5.74) is -3.88. The van der Waals surface area contributed by atoms with Gasteiger partial charge in [-0.2, -0.15) is 21.6 Å². The third-order valence-electron chi connectivity index (χ3n) is 5.92. The van der Waals surface area contributed by atoms with Crippen LogP contribution in [0, 0.1) is 5.41 Å². The maximum Gasteiger partial charge on any atom is 0.534 e. The molecule has 10 heteroatoms. The molecule has 182 valence electrons.